The third kappa shape index (κ3) is 4.21. The smallest absolute Gasteiger partial charge is 0.324 e. The van der Waals surface area contributed by atoms with Crippen LogP contribution in [0.3, 0.4) is 0 Å². The van der Waals surface area contributed by atoms with Crippen molar-refractivity contribution in [1.29, 1.82) is 0 Å². The molecule has 0 aliphatic rings. The number of carbonyl (C=O) groups excluding carboxylic acids is 1. The Morgan fingerprint density at radius 1 is 1.23 bits per heavy atom. The second-order valence-electron chi connectivity index (χ2n) is 2.28. The normalized spacial score (nSPS) is 15.3. The van der Waals surface area contributed by atoms with E-state index in [2.05, 4.69) is 0 Å². The van der Waals surface area contributed by atoms with Crippen molar-refractivity contribution in [1.82, 2.24) is 5.43 Å². The lowest BCUT2D eigenvalue weighted by Crippen LogP contribution is -2.43. The van der Waals surface area contributed by atoms with Crippen molar-refractivity contribution in [2.24, 2.45) is 17.3 Å². The van der Waals surface area contributed by atoms with Crippen LogP contribution in [0.1, 0.15) is 0 Å². The quantitative estimate of drug-likeness (QED) is 0.140. The van der Waals surface area contributed by atoms with Crippen molar-refractivity contribution in [3.8, 4) is 0 Å². The lowest BCUT2D eigenvalue weighted by Gasteiger charge is -2.04. The van der Waals surface area contributed by atoms with Crippen LogP contribution < -0.4 is 22.7 Å². The van der Waals surface area contributed by atoms with Gasteiger partial charge in [0.15, 0.2) is 0 Å². The minimum atomic E-state index is -1.20. The molecule has 1 amide bonds. The molecule has 0 fully saturated rings. The first-order valence-electron chi connectivity index (χ1n) is 3.41. The molecule has 13 heavy (non-hydrogen) atoms. The van der Waals surface area contributed by atoms with Gasteiger partial charge in [-0.25, -0.2) is 5.84 Å². The molecule has 0 saturated heterocycles. The Balaban J connectivity index is 4.11. The Bertz CT molecular complexity index is 228. The van der Waals surface area contributed by atoms with E-state index >= 15 is 0 Å². The van der Waals surface area contributed by atoms with Gasteiger partial charge in [0.25, 0.3) is 5.91 Å². The number of carbonyl (C=O) groups is 2. The highest BCUT2D eigenvalue weighted by Crippen LogP contribution is 1.86. The second kappa shape index (κ2) is 5.25. The van der Waals surface area contributed by atoms with Crippen LogP contribution >= 0.6 is 0 Å². The summed E-state index contributed by atoms with van der Waals surface area (Å²) in [6, 6.07) is -2.16. The van der Waals surface area contributed by atoms with Gasteiger partial charge in [0.05, 0.1) is 0 Å². The number of carboxylic acids is 1. The van der Waals surface area contributed by atoms with Crippen LogP contribution in [-0.2, 0) is 9.59 Å². The van der Waals surface area contributed by atoms with Crippen molar-refractivity contribution < 1.29 is 14.7 Å². The van der Waals surface area contributed by atoms with Crippen LogP contribution in [0.4, 0.5) is 0 Å². The molecule has 0 aliphatic carbocycles. The zero-order valence-electron chi connectivity index (χ0n) is 6.81. The number of hydrazine groups is 1. The van der Waals surface area contributed by atoms with E-state index in [1.165, 1.54) is 6.08 Å². The molecule has 0 radical (unpaired) electrons. The monoisotopic (exact) mass is 188 g/mol. The minimum Gasteiger partial charge on any atom is -0.480 e. The highest BCUT2D eigenvalue weighted by molar-refractivity contribution is 5.83. The summed E-state index contributed by atoms with van der Waals surface area (Å²) in [4.78, 5) is 20.9. The van der Waals surface area contributed by atoms with Gasteiger partial charge in [0.1, 0.15) is 12.1 Å². The summed E-state index contributed by atoms with van der Waals surface area (Å²) in [6.07, 6.45) is 2.28. The molecule has 7 heteroatoms. The average molecular weight is 188 g/mol. The highest BCUT2D eigenvalue weighted by Gasteiger charge is 2.10. The highest BCUT2D eigenvalue weighted by atomic mass is 16.4. The van der Waals surface area contributed by atoms with E-state index in [-0.39, 0.29) is 0 Å². The predicted molar refractivity (Wildman–Crippen MR) is 45.1 cm³/mol. The Morgan fingerprint density at radius 3 is 2.08 bits per heavy atom. The van der Waals surface area contributed by atoms with E-state index < -0.39 is 24.0 Å². The lowest BCUT2D eigenvalue weighted by molar-refractivity contribution is -0.137. The first kappa shape index (κ1) is 11.6. The zero-order valence-corrected chi connectivity index (χ0v) is 6.81. The van der Waals surface area contributed by atoms with E-state index in [0.29, 0.717) is 0 Å². The number of hydrogen-bond donors (Lipinski definition) is 5. The maximum Gasteiger partial charge on any atom is 0.324 e. The number of rotatable bonds is 4. The Hall–Kier alpha value is -1.44. The third-order valence-electron chi connectivity index (χ3n) is 1.26. The molecule has 0 spiro atoms. The van der Waals surface area contributed by atoms with Gasteiger partial charge in [0.2, 0.25) is 0 Å². The summed E-state index contributed by atoms with van der Waals surface area (Å²) in [7, 11) is 0. The fraction of sp³-hybridized carbons (Fsp3) is 0.333. The number of carboxylic acid groups (broad SMARTS) is 1. The molecular weight excluding hydrogens is 176 g/mol. The summed E-state index contributed by atoms with van der Waals surface area (Å²) in [5.41, 5.74) is 12.2. The molecule has 2 unspecified atom stereocenters. The van der Waals surface area contributed by atoms with Crippen LogP contribution in [0.25, 0.3) is 0 Å². The number of hydrogen-bond acceptors (Lipinski definition) is 5. The van der Waals surface area contributed by atoms with Crippen LogP contribution in [0.15, 0.2) is 12.2 Å². The van der Waals surface area contributed by atoms with Crippen molar-refractivity contribution in [3.05, 3.63) is 12.2 Å². The van der Waals surface area contributed by atoms with Gasteiger partial charge in [-0.3, -0.25) is 15.0 Å². The van der Waals surface area contributed by atoms with Crippen LogP contribution in [-0.4, -0.2) is 29.1 Å². The molecule has 2 atom stereocenters. The molecule has 0 saturated carbocycles. The summed E-state index contributed by atoms with van der Waals surface area (Å²) in [5, 5.41) is 8.35. The fourth-order valence-electron chi connectivity index (χ4n) is 0.505. The number of aliphatic carboxylic acids is 1. The first-order chi connectivity index (χ1) is 5.99. The topological polar surface area (TPSA) is 144 Å². The molecule has 74 valence electrons. The number of amides is 1. The van der Waals surface area contributed by atoms with Gasteiger partial charge in [-0.2, -0.15) is 0 Å². The Morgan fingerprint density at radius 2 is 1.69 bits per heavy atom. The van der Waals surface area contributed by atoms with Crippen LogP contribution in [0.5, 0.6) is 0 Å². The van der Waals surface area contributed by atoms with Gasteiger partial charge in [-0.05, 0) is 0 Å². The molecule has 0 bridgehead atoms. The molecule has 7 nitrogen and oxygen atoms in total. The van der Waals surface area contributed by atoms with Gasteiger partial charge in [-0.1, -0.05) is 12.2 Å². The fourth-order valence-corrected chi connectivity index (χ4v) is 0.505. The second-order valence-corrected chi connectivity index (χ2v) is 2.28. The van der Waals surface area contributed by atoms with Crippen LogP contribution in [0.2, 0.25) is 0 Å². The maximum absolute atomic E-state index is 10.7. The molecular formula is C6H12N4O3. The summed E-state index contributed by atoms with van der Waals surface area (Å²) in [5.74, 6) is 2.96. The largest absolute Gasteiger partial charge is 0.480 e. The molecule has 0 rings (SSSR count). The SMILES string of the molecule is NNC(=O)C(N)C=CC(N)C(=O)O. The third-order valence-corrected chi connectivity index (χ3v) is 1.26. The molecule has 8 N–H and O–H groups in total. The lowest BCUT2D eigenvalue weighted by atomic mass is 10.2. The standard InChI is InChI=1S/C6H12N4O3/c7-3(5(11)10-9)1-2-4(8)6(12)13/h1-4H,7-9H2,(H,10,11)(H,12,13). The van der Waals surface area contributed by atoms with Crippen molar-refractivity contribution in [2.75, 3.05) is 0 Å². The van der Waals surface area contributed by atoms with Gasteiger partial charge < -0.3 is 16.6 Å². The maximum atomic E-state index is 10.7. The van der Waals surface area contributed by atoms with Crippen molar-refractivity contribution in [3.63, 3.8) is 0 Å². The van der Waals surface area contributed by atoms with Gasteiger partial charge in [0, 0.05) is 0 Å². The van der Waals surface area contributed by atoms with E-state index in [0.717, 1.165) is 6.08 Å². The minimum absolute atomic E-state index is 0.617. The average Bonchev–Trinajstić information content (AvgIpc) is 2.11. The number of nitrogens with two attached hydrogens (primary N) is 3. The summed E-state index contributed by atoms with van der Waals surface area (Å²) < 4.78 is 0. The molecule has 0 aromatic carbocycles. The molecule has 0 heterocycles. The van der Waals surface area contributed by atoms with Crippen molar-refractivity contribution in [2.45, 2.75) is 12.1 Å². The predicted octanol–water partition coefficient (Wildman–Crippen LogP) is -2.73. The van der Waals surface area contributed by atoms with E-state index in [1.54, 1.807) is 0 Å². The summed E-state index contributed by atoms with van der Waals surface area (Å²) in [6.45, 7) is 0. The molecule has 0 aromatic rings. The molecule has 0 aliphatic heterocycles. The first-order valence-corrected chi connectivity index (χ1v) is 3.41. The Labute approximate surface area is 74.5 Å². The van der Waals surface area contributed by atoms with Crippen molar-refractivity contribution >= 4 is 11.9 Å². The van der Waals surface area contributed by atoms with Gasteiger partial charge >= 0.3 is 5.97 Å². The summed E-state index contributed by atoms with van der Waals surface area (Å²) >= 11 is 0. The molecule has 0 aromatic heterocycles. The van der Waals surface area contributed by atoms with E-state index in [1.807, 2.05) is 5.43 Å². The van der Waals surface area contributed by atoms with E-state index in [9.17, 15) is 9.59 Å². The Kier molecular flexibility index (Phi) is 4.67. The zero-order chi connectivity index (χ0) is 10.4. The van der Waals surface area contributed by atoms with Crippen LogP contribution in [0, 0.1) is 0 Å². The number of nitrogens with one attached hydrogen (secondary N) is 1. The van der Waals surface area contributed by atoms with Gasteiger partial charge in [-0.15, -0.1) is 0 Å². The van der Waals surface area contributed by atoms with E-state index in [4.69, 9.17) is 22.4 Å².